The number of aromatic hydroxyl groups is 1. The number of pyridine rings is 1. The lowest BCUT2D eigenvalue weighted by molar-refractivity contribution is -0.139. The normalized spacial score (nSPS) is 13.7. The van der Waals surface area contributed by atoms with E-state index in [2.05, 4.69) is 34.4 Å². The van der Waals surface area contributed by atoms with Crippen LogP contribution in [0.15, 0.2) is 85.1 Å². The van der Waals surface area contributed by atoms with Crippen molar-refractivity contribution < 1.29 is 34.0 Å². The number of piperidine rings is 1. The van der Waals surface area contributed by atoms with E-state index in [1.165, 1.54) is 7.11 Å². The third-order valence-electron chi connectivity index (χ3n) is 9.51. The molecule has 0 saturated carbocycles. The molecule has 0 radical (unpaired) electrons. The summed E-state index contributed by atoms with van der Waals surface area (Å²) >= 11 is 0. The number of benzene rings is 3. The van der Waals surface area contributed by atoms with E-state index in [1.54, 1.807) is 26.8 Å². The number of esters is 1. The number of imidazole rings is 1. The van der Waals surface area contributed by atoms with Gasteiger partial charge < -0.3 is 34.1 Å². The van der Waals surface area contributed by atoms with Crippen LogP contribution in [0.25, 0.3) is 28.0 Å². The molecule has 0 aliphatic carbocycles. The summed E-state index contributed by atoms with van der Waals surface area (Å²) in [6.07, 6.45) is 3.86. The highest BCUT2D eigenvalue weighted by Gasteiger charge is 2.33. The third kappa shape index (κ3) is 13.4. The number of aryl methyl sites for hydroxylation is 2. The van der Waals surface area contributed by atoms with Crippen LogP contribution in [0.5, 0.6) is 5.75 Å². The highest BCUT2D eigenvalue weighted by Crippen LogP contribution is 2.36. The number of hydrogen-bond acceptors (Lipinski definition) is 9. The molecule has 3 heterocycles. The van der Waals surface area contributed by atoms with E-state index in [-0.39, 0.29) is 23.7 Å². The third-order valence-corrected chi connectivity index (χ3v) is 9.51. The van der Waals surface area contributed by atoms with Gasteiger partial charge in [-0.3, -0.25) is 9.20 Å². The fraction of sp³-hybridized carbons (Fsp3) is 0.447. The van der Waals surface area contributed by atoms with Crippen molar-refractivity contribution in [2.75, 3.05) is 51.5 Å². The quantitative estimate of drug-likeness (QED) is 0.0841. The van der Waals surface area contributed by atoms with Crippen molar-refractivity contribution in [2.24, 2.45) is 0 Å². The van der Waals surface area contributed by atoms with Gasteiger partial charge in [0.2, 0.25) is 0 Å². The number of anilines is 1. The zero-order valence-electron chi connectivity index (χ0n) is 35.4. The monoisotopic (exact) mass is 781 g/mol. The second-order valence-electron chi connectivity index (χ2n) is 15.4. The van der Waals surface area contributed by atoms with Crippen molar-refractivity contribution in [3.8, 4) is 28.1 Å². The van der Waals surface area contributed by atoms with Crippen molar-refractivity contribution in [1.29, 1.82) is 0 Å². The smallest absolute Gasteiger partial charge is 0.310 e. The predicted molar refractivity (Wildman–Crippen MR) is 229 cm³/mol. The maximum Gasteiger partial charge on any atom is 0.310 e. The molecule has 6 rings (SSSR count). The summed E-state index contributed by atoms with van der Waals surface area (Å²) in [5.74, 6) is 0.915. The van der Waals surface area contributed by atoms with Crippen molar-refractivity contribution >= 4 is 17.4 Å². The van der Waals surface area contributed by atoms with E-state index < -0.39 is 5.60 Å². The largest absolute Gasteiger partial charge is 0.507 e. The molecule has 0 unspecified atom stereocenters. The molecule has 10 heteroatoms. The Morgan fingerprint density at radius 3 is 2.19 bits per heavy atom. The lowest BCUT2D eigenvalue weighted by Gasteiger charge is -2.41. The molecule has 3 aromatic carbocycles. The number of rotatable bonds is 14. The maximum absolute atomic E-state index is 12.6. The number of aromatic nitrogens is 2. The number of carbonyl (C=O) groups is 1. The first-order valence-electron chi connectivity index (χ1n) is 20.0. The summed E-state index contributed by atoms with van der Waals surface area (Å²) < 4.78 is 25.1. The number of hydrogen-bond donors (Lipinski definition) is 2. The van der Waals surface area contributed by atoms with Gasteiger partial charge in [-0.25, -0.2) is 4.98 Å². The number of ether oxygens (including phenoxy) is 4. The Hall–Kier alpha value is -4.74. The van der Waals surface area contributed by atoms with Crippen LogP contribution in [0.4, 0.5) is 5.82 Å². The summed E-state index contributed by atoms with van der Waals surface area (Å²) in [6.45, 7) is 19.6. The lowest BCUT2D eigenvalue weighted by atomic mass is 9.92. The first-order chi connectivity index (χ1) is 27.2. The number of phenolic OH excluding ortho intramolecular Hbond substituents is 1. The first-order valence-corrected chi connectivity index (χ1v) is 20.0. The fourth-order valence-electron chi connectivity index (χ4n) is 6.58. The Kier molecular flexibility index (Phi) is 16.7. The van der Waals surface area contributed by atoms with Gasteiger partial charge in [-0.05, 0) is 95.3 Å². The topological polar surface area (TPSA) is 115 Å². The predicted octanol–water partition coefficient (Wildman–Crippen LogP) is 9.12. The first kappa shape index (κ1) is 45.0. The summed E-state index contributed by atoms with van der Waals surface area (Å²) in [5, 5.41) is 19.1. The molecule has 1 fully saturated rings. The van der Waals surface area contributed by atoms with Gasteiger partial charge in [0.15, 0.2) is 0 Å². The van der Waals surface area contributed by atoms with Crippen molar-refractivity contribution in [1.82, 2.24) is 9.38 Å². The number of aliphatic hydroxyl groups is 1. The van der Waals surface area contributed by atoms with Crippen LogP contribution >= 0.6 is 0 Å². The molecule has 0 amide bonds. The van der Waals surface area contributed by atoms with E-state index in [0.717, 1.165) is 82.0 Å². The minimum Gasteiger partial charge on any atom is -0.507 e. The molecule has 1 aliphatic rings. The molecule has 1 aliphatic heterocycles. The van der Waals surface area contributed by atoms with Crippen molar-refractivity contribution in [2.45, 2.75) is 92.5 Å². The number of nitrogens with zero attached hydrogens (tertiary/aromatic N) is 3. The zero-order valence-corrected chi connectivity index (χ0v) is 35.4. The average Bonchev–Trinajstić information content (AvgIpc) is 3.61. The van der Waals surface area contributed by atoms with Crippen LogP contribution in [0.2, 0.25) is 0 Å². The van der Waals surface area contributed by atoms with Crippen LogP contribution in [0.3, 0.4) is 0 Å². The second-order valence-corrected chi connectivity index (χ2v) is 15.4. The second kappa shape index (κ2) is 21.1. The molecule has 5 aromatic rings. The lowest BCUT2D eigenvalue weighted by Crippen LogP contribution is -2.45. The molecule has 308 valence electrons. The molecular weight excluding hydrogens is 719 g/mol. The SMILES string of the molecule is CC.CC(C)(C)O.COC(=O)Cc1c(C)cc2nc(-c3cccc(-c4cc(C)ccc4O)c3)cn2c1N1CCC(C)(OCCOCCOCc2ccccc2)CC1. The highest BCUT2D eigenvalue weighted by atomic mass is 16.6. The van der Waals surface area contributed by atoms with Gasteiger partial charge in [0.1, 0.15) is 17.2 Å². The van der Waals surface area contributed by atoms with E-state index in [9.17, 15) is 9.90 Å². The summed E-state index contributed by atoms with van der Waals surface area (Å²) in [7, 11) is 1.43. The molecule has 1 saturated heterocycles. The minimum atomic E-state index is -0.500. The van der Waals surface area contributed by atoms with Gasteiger partial charge in [-0.2, -0.15) is 0 Å². The molecule has 10 nitrogen and oxygen atoms in total. The molecule has 0 atom stereocenters. The van der Waals surface area contributed by atoms with E-state index in [0.29, 0.717) is 33.0 Å². The average molecular weight is 782 g/mol. The van der Waals surface area contributed by atoms with Gasteiger partial charge in [-0.1, -0.05) is 74.0 Å². The van der Waals surface area contributed by atoms with E-state index in [1.807, 2.05) is 88.5 Å². The Bertz CT molecular complexity index is 2010. The van der Waals surface area contributed by atoms with Gasteiger partial charge in [0.25, 0.3) is 0 Å². The van der Waals surface area contributed by atoms with Gasteiger partial charge in [0, 0.05) is 36.0 Å². The van der Waals surface area contributed by atoms with Crippen molar-refractivity contribution in [3.63, 3.8) is 0 Å². The summed E-state index contributed by atoms with van der Waals surface area (Å²) in [6, 6.07) is 25.8. The molecular formula is C47H63N3O7. The van der Waals surface area contributed by atoms with E-state index >= 15 is 0 Å². The number of phenols is 1. The van der Waals surface area contributed by atoms with Crippen LogP contribution in [0.1, 0.15) is 76.6 Å². The standard InChI is InChI=1S/C41H47N3O6.C4H10O.C2H6/c1-29-13-14-37(45)35(23-29)32-11-8-12-33(25-32)36-27-44-38(42-36)24-30(2)34(26-39(46)47-4)40(44)43-17-15-41(3,16-18-43)50-22-21-48-19-20-49-28-31-9-6-5-7-10-31;1-4(2,3)5;1-2/h5-14,23-25,27,45H,15-22,26,28H2,1-4H3;5H,1-3H3;1-2H3. The van der Waals surface area contributed by atoms with Crippen LogP contribution < -0.4 is 4.90 Å². The fourth-order valence-corrected chi connectivity index (χ4v) is 6.58. The zero-order chi connectivity index (χ0) is 41.6. The van der Waals surface area contributed by atoms with Crippen LogP contribution in [0, 0.1) is 13.8 Å². The highest BCUT2D eigenvalue weighted by molar-refractivity contribution is 5.79. The minimum absolute atomic E-state index is 0.167. The van der Waals surface area contributed by atoms with Gasteiger partial charge in [0.05, 0.1) is 63.5 Å². The Morgan fingerprint density at radius 1 is 0.860 bits per heavy atom. The Labute approximate surface area is 339 Å². The summed E-state index contributed by atoms with van der Waals surface area (Å²) in [4.78, 5) is 20.0. The molecule has 0 spiro atoms. The molecule has 2 aromatic heterocycles. The summed E-state index contributed by atoms with van der Waals surface area (Å²) in [5.41, 5.74) is 7.62. The van der Waals surface area contributed by atoms with Crippen LogP contribution in [-0.2, 0) is 36.8 Å². The Balaban J connectivity index is 0.000000954. The maximum atomic E-state index is 12.6. The number of methoxy groups -OCH3 is 1. The van der Waals surface area contributed by atoms with Gasteiger partial charge in [-0.15, -0.1) is 0 Å². The number of fused-ring (bicyclic) bond motifs is 1. The molecule has 0 bridgehead atoms. The molecule has 2 N–H and O–H groups in total. The Morgan fingerprint density at radius 2 is 1.51 bits per heavy atom. The van der Waals surface area contributed by atoms with Gasteiger partial charge >= 0.3 is 5.97 Å². The molecule has 57 heavy (non-hydrogen) atoms. The van der Waals surface area contributed by atoms with E-state index in [4.69, 9.17) is 29.0 Å². The van der Waals surface area contributed by atoms with Crippen molar-refractivity contribution in [3.05, 3.63) is 107 Å². The van der Waals surface area contributed by atoms with Crippen LogP contribution in [-0.4, -0.2) is 83.4 Å². The number of carbonyl (C=O) groups excluding carboxylic acids is 1.